The molecule has 2 aliphatic rings. The van der Waals surface area contributed by atoms with Gasteiger partial charge in [-0.3, -0.25) is 4.90 Å². The number of likely N-dealkylation sites (N-methyl/N-ethyl adjacent to an activating group) is 1. The van der Waals surface area contributed by atoms with Gasteiger partial charge in [0.05, 0.1) is 0 Å². The lowest BCUT2D eigenvalue weighted by Gasteiger charge is -2.35. The lowest BCUT2D eigenvalue weighted by molar-refractivity contribution is 0.125. The molecule has 0 bridgehead atoms. The molecular formula is C31H31ClFN3O3. The average Bonchev–Trinajstić information content (AvgIpc) is 3.31. The van der Waals surface area contributed by atoms with Gasteiger partial charge in [0, 0.05) is 34.2 Å². The molecule has 1 aromatic heterocycles. The van der Waals surface area contributed by atoms with E-state index in [0.29, 0.717) is 36.4 Å². The van der Waals surface area contributed by atoms with Gasteiger partial charge in [-0.25, -0.2) is 9.18 Å². The lowest BCUT2D eigenvalue weighted by atomic mass is 9.92. The zero-order chi connectivity index (χ0) is 26.9. The van der Waals surface area contributed by atoms with Crippen molar-refractivity contribution in [2.75, 3.05) is 26.7 Å². The third-order valence-corrected chi connectivity index (χ3v) is 8.14. The molecule has 6 rings (SSSR count). The van der Waals surface area contributed by atoms with Crippen LogP contribution in [0.4, 0.5) is 9.18 Å². The zero-order valence-corrected chi connectivity index (χ0v) is 22.6. The van der Waals surface area contributed by atoms with Crippen LogP contribution in [0.25, 0.3) is 10.9 Å². The van der Waals surface area contributed by atoms with Crippen LogP contribution in [0.15, 0.2) is 66.7 Å². The van der Waals surface area contributed by atoms with Crippen LogP contribution in [-0.4, -0.2) is 53.7 Å². The van der Waals surface area contributed by atoms with Crippen LogP contribution in [-0.2, 0) is 6.42 Å². The van der Waals surface area contributed by atoms with Crippen molar-refractivity contribution in [1.82, 2.24) is 14.8 Å². The van der Waals surface area contributed by atoms with Gasteiger partial charge in [-0.15, -0.1) is 0 Å². The molecule has 0 radical (unpaired) electrons. The second-order valence-electron chi connectivity index (χ2n) is 10.4. The number of hydrogen-bond donors (Lipinski definition) is 1. The lowest BCUT2D eigenvalue weighted by Crippen LogP contribution is -2.42. The van der Waals surface area contributed by atoms with E-state index in [0.717, 1.165) is 46.4 Å². The fourth-order valence-electron chi connectivity index (χ4n) is 5.76. The van der Waals surface area contributed by atoms with Crippen molar-refractivity contribution in [1.29, 1.82) is 0 Å². The maximum Gasteiger partial charge on any atom is 0.416 e. The van der Waals surface area contributed by atoms with Gasteiger partial charge < -0.3 is 19.4 Å². The number of amides is 1. The Morgan fingerprint density at radius 3 is 2.56 bits per heavy atom. The second kappa shape index (κ2) is 10.9. The minimum Gasteiger partial charge on any atom is -0.492 e. The first-order valence-corrected chi connectivity index (χ1v) is 13.8. The van der Waals surface area contributed by atoms with E-state index in [4.69, 9.17) is 21.1 Å². The average molecular weight is 548 g/mol. The number of piperidine rings is 1. The highest BCUT2D eigenvalue weighted by atomic mass is 35.5. The summed E-state index contributed by atoms with van der Waals surface area (Å²) in [5.41, 5.74) is 3.99. The SMILES string of the molecule is CN1CCCCC1COc1ccc(C2c3[nH]c4ccc(Cl)cc4c3CCN2C(=O)Oc2ccc(F)cc2)cc1. The van der Waals surface area contributed by atoms with E-state index in [9.17, 15) is 9.18 Å². The maximum absolute atomic E-state index is 13.4. The Kier molecular flexibility index (Phi) is 7.19. The summed E-state index contributed by atoms with van der Waals surface area (Å²) in [5, 5.41) is 1.73. The number of aromatic nitrogens is 1. The quantitative estimate of drug-likeness (QED) is 0.293. The van der Waals surface area contributed by atoms with Gasteiger partial charge in [-0.2, -0.15) is 0 Å². The van der Waals surface area contributed by atoms with Gasteiger partial charge in [0.1, 0.15) is 30.0 Å². The zero-order valence-electron chi connectivity index (χ0n) is 21.8. The number of carbonyl (C=O) groups excluding carboxylic acids is 1. The molecule has 0 spiro atoms. The summed E-state index contributed by atoms with van der Waals surface area (Å²) in [6.07, 6.45) is 3.79. The fraction of sp³-hybridized carbons (Fsp3) is 0.323. The number of nitrogens with zero attached hydrogens (tertiary/aromatic N) is 2. The van der Waals surface area contributed by atoms with Gasteiger partial charge >= 0.3 is 6.09 Å². The summed E-state index contributed by atoms with van der Waals surface area (Å²) in [4.78, 5) is 21.1. The van der Waals surface area contributed by atoms with Crippen LogP contribution in [0.2, 0.25) is 5.02 Å². The van der Waals surface area contributed by atoms with E-state index in [2.05, 4.69) is 16.9 Å². The summed E-state index contributed by atoms with van der Waals surface area (Å²) >= 11 is 6.32. The first-order chi connectivity index (χ1) is 19.0. The van der Waals surface area contributed by atoms with Crippen molar-refractivity contribution >= 4 is 28.6 Å². The molecule has 1 saturated heterocycles. The number of rotatable bonds is 5. The molecule has 0 aliphatic carbocycles. The smallest absolute Gasteiger partial charge is 0.416 e. The van der Waals surface area contributed by atoms with Crippen LogP contribution in [0, 0.1) is 5.82 Å². The largest absolute Gasteiger partial charge is 0.492 e. The predicted molar refractivity (Wildman–Crippen MR) is 150 cm³/mol. The number of hydrogen-bond acceptors (Lipinski definition) is 4. The van der Waals surface area contributed by atoms with Crippen LogP contribution < -0.4 is 9.47 Å². The predicted octanol–water partition coefficient (Wildman–Crippen LogP) is 6.97. The standard InChI is InChI=1S/C31H31ClFN3O3/c1-35-16-3-2-4-23(35)19-38-24-10-5-20(6-11-24)30-29-26(27-18-21(32)7-14-28(27)34-29)15-17-36(30)31(37)39-25-12-8-22(33)9-13-25/h5-14,18,23,30,34H,2-4,15-17,19H2,1H3. The Balaban J connectivity index is 1.29. The summed E-state index contributed by atoms with van der Waals surface area (Å²) in [7, 11) is 2.16. The van der Waals surface area contributed by atoms with Crippen LogP contribution in [0.5, 0.6) is 11.5 Å². The minimum absolute atomic E-state index is 0.297. The molecule has 1 fully saturated rings. The van der Waals surface area contributed by atoms with Gasteiger partial charge in [-0.05, 0) is 98.6 Å². The number of fused-ring (bicyclic) bond motifs is 3. The van der Waals surface area contributed by atoms with Crippen LogP contribution >= 0.6 is 11.6 Å². The van der Waals surface area contributed by atoms with E-state index in [-0.39, 0.29) is 5.82 Å². The molecule has 39 heavy (non-hydrogen) atoms. The van der Waals surface area contributed by atoms with Gasteiger partial charge in [-0.1, -0.05) is 30.2 Å². The fourth-order valence-corrected chi connectivity index (χ4v) is 5.93. The van der Waals surface area contributed by atoms with Crippen molar-refractivity contribution < 1.29 is 18.7 Å². The molecule has 6 nitrogen and oxygen atoms in total. The number of nitrogens with one attached hydrogen (secondary N) is 1. The molecule has 8 heteroatoms. The van der Waals surface area contributed by atoms with Crippen molar-refractivity contribution in [3.63, 3.8) is 0 Å². The van der Waals surface area contributed by atoms with Crippen molar-refractivity contribution in [3.8, 4) is 11.5 Å². The number of ether oxygens (including phenoxy) is 2. The maximum atomic E-state index is 13.4. The molecule has 3 aromatic carbocycles. The van der Waals surface area contributed by atoms with Crippen molar-refractivity contribution in [2.24, 2.45) is 0 Å². The summed E-state index contributed by atoms with van der Waals surface area (Å²) in [5.74, 6) is 0.716. The topological polar surface area (TPSA) is 57.8 Å². The van der Waals surface area contributed by atoms with E-state index >= 15 is 0 Å². The van der Waals surface area contributed by atoms with Gasteiger partial charge in [0.2, 0.25) is 0 Å². The van der Waals surface area contributed by atoms with E-state index in [1.54, 1.807) is 4.90 Å². The van der Waals surface area contributed by atoms with E-state index < -0.39 is 12.1 Å². The Labute approximate surface area is 232 Å². The highest BCUT2D eigenvalue weighted by Crippen LogP contribution is 2.40. The monoisotopic (exact) mass is 547 g/mol. The molecule has 2 aliphatic heterocycles. The normalized spacial score (nSPS) is 19.6. The third kappa shape index (κ3) is 5.34. The van der Waals surface area contributed by atoms with Gasteiger partial charge in [0.15, 0.2) is 0 Å². The van der Waals surface area contributed by atoms with E-state index in [1.165, 1.54) is 37.1 Å². The number of benzene rings is 3. The first-order valence-electron chi connectivity index (χ1n) is 13.4. The first kappa shape index (κ1) is 25.7. The Hall–Kier alpha value is -3.55. The molecule has 3 heterocycles. The molecule has 4 aromatic rings. The molecule has 2 unspecified atom stereocenters. The molecule has 2 atom stereocenters. The number of halogens is 2. The highest BCUT2D eigenvalue weighted by Gasteiger charge is 2.36. The van der Waals surface area contributed by atoms with E-state index in [1.807, 2.05) is 42.5 Å². The number of H-pyrrole nitrogens is 1. The minimum atomic E-state index is -0.491. The number of likely N-dealkylation sites (tertiary alicyclic amines) is 1. The Morgan fingerprint density at radius 1 is 1.03 bits per heavy atom. The summed E-state index contributed by atoms with van der Waals surface area (Å²) in [6.45, 7) is 2.22. The number of carbonyl (C=O) groups is 1. The van der Waals surface area contributed by atoms with Crippen molar-refractivity contribution in [2.45, 2.75) is 37.8 Å². The number of aromatic amines is 1. The molecule has 202 valence electrons. The second-order valence-corrected chi connectivity index (χ2v) is 10.8. The van der Waals surface area contributed by atoms with Crippen molar-refractivity contribution in [3.05, 3.63) is 94.4 Å². The Morgan fingerprint density at radius 2 is 1.79 bits per heavy atom. The highest BCUT2D eigenvalue weighted by molar-refractivity contribution is 6.31. The molecule has 1 N–H and O–H groups in total. The van der Waals surface area contributed by atoms with Crippen LogP contribution in [0.3, 0.4) is 0 Å². The summed E-state index contributed by atoms with van der Waals surface area (Å²) < 4.78 is 25.2. The Bertz CT molecular complexity index is 1470. The molecular weight excluding hydrogens is 517 g/mol. The molecule has 1 amide bonds. The summed E-state index contributed by atoms with van der Waals surface area (Å²) in [6, 6.07) is 19.2. The third-order valence-electron chi connectivity index (χ3n) is 7.90. The van der Waals surface area contributed by atoms with Gasteiger partial charge in [0.25, 0.3) is 0 Å². The van der Waals surface area contributed by atoms with Crippen LogP contribution in [0.1, 0.15) is 42.1 Å². The molecule has 0 saturated carbocycles.